The molecular weight excluding hydrogens is 230 g/mol. The van der Waals surface area contributed by atoms with E-state index in [2.05, 4.69) is 61.6 Å². The number of aryl methyl sites for hydroxylation is 2. The van der Waals surface area contributed by atoms with E-state index in [0.29, 0.717) is 0 Å². The van der Waals surface area contributed by atoms with Crippen molar-refractivity contribution in [1.29, 1.82) is 0 Å². The van der Waals surface area contributed by atoms with E-state index in [1.807, 2.05) is 0 Å². The molecule has 0 spiro atoms. The van der Waals surface area contributed by atoms with Crippen LogP contribution in [0.3, 0.4) is 0 Å². The molecular formula is C18H21N. The van der Waals surface area contributed by atoms with Gasteiger partial charge in [-0.25, -0.2) is 0 Å². The molecule has 1 aliphatic rings. The summed E-state index contributed by atoms with van der Waals surface area (Å²) in [5.41, 5.74) is 6.74. The van der Waals surface area contributed by atoms with Crippen LogP contribution in [0.15, 0.2) is 42.5 Å². The van der Waals surface area contributed by atoms with E-state index in [0.717, 1.165) is 12.5 Å². The summed E-state index contributed by atoms with van der Waals surface area (Å²) >= 11 is 0. The van der Waals surface area contributed by atoms with Crippen molar-refractivity contribution in [3.63, 3.8) is 0 Å². The van der Waals surface area contributed by atoms with Gasteiger partial charge >= 0.3 is 0 Å². The van der Waals surface area contributed by atoms with E-state index in [9.17, 15) is 0 Å². The fourth-order valence-electron chi connectivity index (χ4n) is 2.65. The van der Waals surface area contributed by atoms with Gasteiger partial charge in [0.05, 0.1) is 0 Å². The molecule has 3 rings (SSSR count). The zero-order valence-corrected chi connectivity index (χ0v) is 11.7. The number of benzene rings is 2. The van der Waals surface area contributed by atoms with Crippen molar-refractivity contribution in [1.82, 2.24) is 0 Å². The van der Waals surface area contributed by atoms with Crippen LogP contribution in [0.4, 0.5) is 5.69 Å². The van der Waals surface area contributed by atoms with Crippen molar-refractivity contribution in [2.24, 2.45) is 0 Å². The van der Waals surface area contributed by atoms with Crippen LogP contribution in [0, 0.1) is 13.8 Å². The first-order chi connectivity index (χ1) is 9.20. The molecule has 0 amide bonds. The van der Waals surface area contributed by atoms with E-state index >= 15 is 0 Å². The zero-order chi connectivity index (χ0) is 13.2. The van der Waals surface area contributed by atoms with Gasteiger partial charge in [0, 0.05) is 12.2 Å². The molecule has 0 radical (unpaired) electrons. The molecule has 0 atom stereocenters. The van der Waals surface area contributed by atoms with Crippen LogP contribution in [-0.2, 0) is 6.54 Å². The second-order valence-corrected chi connectivity index (χ2v) is 5.75. The Morgan fingerprint density at radius 1 is 1.00 bits per heavy atom. The minimum absolute atomic E-state index is 0.834. The van der Waals surface area contributed by atoms with Gasteiger partial charge in [-0.15, -0.1) is 0 Å². The largest absolute Gasteiger partial charge is 0.381 e. The Labute approximate surface area is 115 Å². The van der Waals surface area contributed by atoms with Gasteiger partial charge in [0.1, 0.15) is 0 Å². The lowest BCUT2D eigenvalue weighted by molar-refractivity contribution is 1.08. The summed E-state index contributed by atoms with van der Waals surface area (Å²) in [5.74, 6) is 0.834. The van der Waals surface area contributed by atoms with Crippen LogP contribution in [-0.4, -0.2) is 0 Å². The van der Waals surface area contributed by atoms with Crippen molar-refractivity contribution in [2.75, 3.05) is 5.32 Å². The molecule has 0 aliphatic heterocycles. The molecule has 19 heavy (non-hydrogen) atoms. The average Bonchev–Trinajstić information content (AvgIpc) is 3.20. The Balaban J connectivity index is 1.69. The Bertz CT molecular complexity index is 562. The Hall–Kier alpha value is -1.76. The third-order valence-electron chi connectivity index (χ3n) is 3.72. The quantitative estimate of drug-likeness (QED) is 0.823. The minimum atomic E-state index is 0.834. The Morgan fingerprint density at radius 3 is 2.42 bits per heavy atom. The lowest BCUT2D eigenvalue weighted by Crippen LogP contribution is -2.00. The third-order valence-corrected chi connectivity index (χ3v) is 3.72. The molecule has 1 saturated carbocycles. The van der Waals surface area contributed by atoms with Crippen LogP contribution < -0.4 is 5.32 Å². The fourth-order valence-corrected chi connectivity index (χ4v) is 2.65. The summed E-state index contributed by atoms with van der Waals surface area (Å²) in [5, 5.41) is 3.53. The van der Waals surface area contributed by atoms with Gasteiger partial charge in [0.15, 0.2) is 0 Å². The number of hydrogen-bond acceptors (Lipinski definition) is 1. The van der Waals surface area contributed by atoms with E-state index in [1.165, 1.54) is 40.8 Å². The molecule has 1 heteroatoms. The third kappa shape index (κ3) is 3.17. The van der Waals surface area contributed by atoms with E-state index in [-0.39, 0.29) is 0 Å². The molecule has 1 aliphatic carbocycles. The van der Waals surface area contributed by atoms with E-state index in [1.54, 1.807) is 0 Å². The molecule has 0 bridgehead atoms. The van der Waals surface area contributed by atoms with Crippen LogP contribution >= 0.6 is 0 Å². The molecule has 1 nitrogen and oxygen atoms in total. The van der Waals surface area contributed by atoms with Crippen molar-refractivity contribution < 1.29 is 0 Å². The van der Waals surface area contributed by atoms with E-state index in [4.69, 9.17) is 0 Å². The first kappa shape index (κ1) is 12.3. The van der Waals surface area contributed by atoms with Gasteiger partial charge in [-0.3, -0.25) is 0 Å². The highest BCUT2D eigenvalue weighted by atomic mass is 14.9. The number of nitrogens with one attached hydrogen (secondary N) is 1. The van der Waals surface area contributed by atoms with Crippen LogP contribution in [0.25, 0.3) is 0 Å². The first-order valence-electron chi connectivity index (χ1n) is 7.12. The molecule has 98 valence electrons. The maximum absolute atomic E-state index is 3.53. The number of rotatable bonds is 4. The van der Waals surface area contributed by atoms with Crippen molar-refractivity contribution >= 4 is 5.69 Å². The summed E-state index contributed by atoms with van der Waals surface area (Å²) in [4.78, 5) is 0. The zero-order valence-electron chi connectivity index (χ0n) is 11.7. The average molecular weight is 251 g/mol. The summed E-state index contributed by atoms with van der Waals surface area (Å²) < 4.78 is 0. The molecule has 1 N–H and O–H groups in total. The second-order valence-electron chi connectivity index (χ2n) is 5.75. The highest BCUT2D eigenvalue weighted by Crippen LogP contribution is 2.40. The van der Waals surface area contributed by atoms with Gasteiger partial charge in [-0.1, -0.05) is 30.3 Å². The molecule has 2 aromatic carbocycles. The van der Waals surface area contributed by atoms with Gasteiger partial charge in [0.25, 0.3) is 0 Å². The molecule has 0 heterocycles. The molecule has 2 aromatic rings. The Kier molecular flexibility index (Phi) is 3.29. The van der Waals surface area contributed by atoms with Crippen LogP contribution in [0.1, 0.15) is 41.0 Å². The van der Waals surface area contributed by atoms with Gasteiger partial charge in [-0.2, -0.15) is 0 Å². The Morgan fingerprint density at radius 2 is 1.74 bits per heavy atom. The normalized spacial score (nSPS) is 14.4. The van der Waals surface area contributed by atoms with Gasteiger partial charge < -0.3 is 5.32 Å². The van der Waals surface area contributed by atoms with Gasteiger partial charge in [-0.05, 0) is 67.0 Å². The van der Waals surface area contributed by atoms with Crippen molar-refractivity contribution in [3.8, 4) is 0 Å². The molecule has 1 fully saturated rings. The summed E-state index contributed by atoms with van der Waals surface area (Å²) in [6, 6.07) is 15.6. The molecule has 0 aromatic heterocycles. The van der Waals surface area contributed by atoms with E-state index < -0.39 is 0 Å². The topological polar surface area (TPSA) is 12.0 Å². The predicted molar refractivity (Wildman–Crippen MR) is 81.7 cm³/mol. The monoisotopic (exact) mass is 251 g/mol. The maximum Gasteiger partial charge on any atom is 0.0400 e. The molecule has 0 saturated heterocycles. The predicted octanol–water partition coefficient (Wildman–Crippen LogP) is 4.79. The number of hydrogen-bond donors (Lipinski definition) is 1. The van der Waals surface area contributed by atoms with Gasteiger partial charge in [0.2, 0.25) is 0 Å². The van der Waals surface area contributed by atoms with Crippen LogP contribution in [0.2, 0.25) is 0 Å². The standard InChI is InChI=1S/C18H21N/c1-13-8-14(2)10-18(9-13)19-12-15-4-3-5-17(11-15)16-6-7-16/h3-5,8-11,16,19H,6-7,12H2,1-2H3. The highest BCUT2D eigenvalue weighted by molar-refractivity contribution is 5.49. The van der Waals surface area contributed by atoms with Crippen LogP contribution in [0.5, 0.6) is 0 Å². The number of anilines is 1. The van der Waals surface area contributed by atoms with Crippen molar-refractivity contribution in [2.45, 2.75) is 39.2 Å². The summed E-state index contributed by atoms with van der Waals surface area (Å²) in [7, 11) is 0. The second kappa shape index (κ2) is 5.08. The first-order valence-corrected chi connectivity index (χ1v) is 7.12. The SMILES string of the molecule is Cc1cc(C)cc(NCc2cccc(C3CC3)c2)c1. The molecule has 0 unspecified atom stereocenters. The minimum Gasteiger partial charge on any atom is -0.381 e. The fraction of sp³-hybridized carbons (Fsp3) is 0.333. The maximum atomic E-state index is 3.53. The summed E-state index contributed by atoms with van der Waals surface area (Å²) in [6.07, 6.45) is 2.74. The smallest absolute Gasteiger partial charge is 0.0400 e. The lowest BCUT2D eigenvalue weighted by atomic mass is 10.1. The highest BCUT2D eigenvalue weighted by Gasteiger charge is 2.23. The lowest BCUT2D eigenvalue weighted by Gasteiger charge is -2.10. The summed E-state index contributed by atoms with van der Waals surface area (Å²) in [6.45, 7) is 5.20. The van der Waals surface area contributed by atoms with Crippen molar-refractivity contribution in [3.05, 3.63) is 64.7 Å².